The molecular weight excluding hydrogens is 166 g/mol. The fraction of sp³-hybridized carbons (Fsp3) is 0.556. The smallest absolute Gasteiger partial charge is 0.316 e. The van der Waals surface area contributed by atoms with E-state index in [4.69, 9.17) is 0 Å². The van der Waals surface area contributed by atoms with E-state index in [1.807, 2.05) is 6.07 Å². The van der Waals surface area contributed by atoms with Crippen LogP contribution in [0.4, 0.5) is 0 Å². The van der Waals surface area contributed by atoms with Gasteiger partial charge in [0.2, 0.25) is 0 Å². The van der Waals surface area contributed by atoms with Crippen molar-refractivity contribution in [1.82, 2.24) is 15.3 Å². The lowest BCUT2D eigenvalue weighted by Crippen LogP contribution is -2.15. The largest absolute Gasteiger partial charge is 0.345 e. The summed E-state index contributed by atoms with van der Waals surface area (Å²) in [6, 6.07) is 1.87. The van der Waals surface area contributed by atoms with Crippen molar-refractivity contribution >= 4 is 0 Å². The van der Waals surface area contributed by atoms with Gasteiger partial charge in [-0.2, -0.15) is 0 Å². The van der Waals surface area contributed by atoms with Gasteiger partial charge in [-0.15, -0.1) is 0 Å². The Morgan fingerprint density at radius 1 is 1.62 bits per heavy atom. The van der Waals surface area contributed by atoms with Crippen LogP contribution in [0.15, 0.2) is 17.1 Å². The van der Waals surface area contributed by atoms with Crippen LogP contribution in [0.3, 0.4) is 0 Å². The predicted molar refractivity (Wildman–Crippen MR) is 49.5 cm³/mol. The molecule has 0 aliphatic carbocycles. The molecule has 2 heterocycles. The van der Waals surface area contributed by atoms with E-state index in [0.717, 1.165) is 25.2 Å². The molecule has 1 fully saturated rings. The number of H-pyrrole nitrogens is 1. The molecule has 1 unspecified atom stereocenters. The first kappa shape index (κ1) is 8.44. The molecule has 70 valence electrons. The minimum Gasteiger partial charge on any atom is -0.316 e. The summed E-state index contributed by atoms with van der Waals surface area (Å²) in [6.45, 7) is 2.16. The van der Waals surface area contributed by atoms with Crippen LogP contribution in [-0.2, 0) is 6.42 Å². The topological polar surface area (TPSA) is 57.8 Å². The van der Waals surface area contributed by atoms with Gasteiger partial charge in [0.05, 0.1) is 0 Å². The maximum Gasteiger partial charge on any atom is 0.345 e. The summed E-state index contributed by atoms with van der Waals surface area (Å²) in [7, 11) is 0. The van der Waals surface area contributed by atoms with Gasteiger partial charge < -0.3 is 10.3 Å². The molecule has 0 aromatic carbocycles. The van der Waals surface area contributed by atoms with Gasteiger partial charge in [0.1, 0.15) is 0 Å². The molecule has 0 radical (unpaired) electrons. The van der Waals surface area contributed by atoms with E-state index >= 15 is 0 Å². The van der Waals surface area contributed by atoms with Crippen LogP contribution in [0.1, 0.15) is 12.1 Å². The van der Waals surface area contributed by atoms with Crippen molar-refractivity contribution in [3.63, 3.8) is 0 Å². The summed E-state index contributed by atoms with van der Waals surface area (Å²) in [6.07, 6.45) is 3.71. The van der Waals surface area contributed by atoms with Gasteiger partial charge in [0.25, 0.3) is 0 Å². The van der Waals surface area contributed by atoms with E-state index in [9.17, 15) is 4.79 Å². The Kier molecular flexibility index (Phi) is 2.40. The number of rotatable bonds is 2. The van der Waals surface area contributed by atoms with Gasteiger partial charge in [-0.1, -0.05) is 0 Å². The molecule has 0 bridgehead atoms. The van der Waals surface area contributed by atoms with E-state index in [-0.39, 0.29) is 5.69 Å². The van der Waals surface area contributed by atoms with Gasteiger partial charge in [0, 0.05) is 11.9 Å². The quantitative estimate of drug-likeness (QED) is 0.667. The molecule has 1 aromatic rings. The Morgan fingerprint density at radius 2 is 2.54 bits per heavy atom. The maximum absolute atomic E-state index is 10.9. The van der Waals surface area contributed by atoms with Crippen LogP contribution in [0.25, 0.3) is 0 Å². The maximum atomic E-state index is 10.9. The highest BCUT2D eigenvalue weighted by molar-refractivity contribution is 5.00. The lowest BCUT2D eigenvalue weighted by Gasteiger charge is -2.06. The van der Waals surface area contributed by atoms with E-state index < -0.39 is 0 Å². The SMILES string of the molecule is O=c1nccc(CC2CCNC2)[nH]1. The zero-order valence-electron chi connectivity index (χ0n) is 7.42. The minimum atomic E-state index is -0.247. The minimum absolute atomic E-state index is 0.247. The van der Waals surface area contributed by atoms with E-state index in [2.05, 4.69) is 15.3 Å². The van der Waals surface area contributed by atoms with Gasteiger partial charge >= 0.3 is 5.69 Å². The lowest BCUT2D eigenvalue weighted by atomic mass is 10.0. The highest BCUT2D eigenvalue weighted by Crippen LogP contribution is 2.12. The zero-order valence-corrected chi connectivity index (χ0v) is 7.42. The molecule has 13 heavy (non-hydrogen) atoms. The first-order chi connectivity index (χ1) is 6.34. The van der Waals surface area contributed by atoms with Gasteiger partial charge in [-0.05, 0) is 37.9 Å². The van der Waals surface area contributed by atoms with Gasteiger partial charge in [-0.25, -0.2) is 9.78 Å². The van der Waals surface area contributed by atoms with Crippen molar-refractivity contribution in [3.8, 4) is 0 Å². The van der Waals surface area contributed by atoms with Crippen molar-refractivity contribution < 1.29 is 0 Å². The third-order valence-corrected chi connectivity index (χ3v) is 2.41. The summed E-state index contributed by atoms with van der Waals surface area (Å²) >= 11 is 0. The number of hydrogen-bond acceptors (Lipinski definition) is 3. The molecule has 4 nitrogen and oxygen atoms in total. The Morgan fingerprint density at radius 3 is 3.23 bits per heavy atom. The predicted octanol–water partition coefficient (Wildman–Crippen LogP) is -0.0781. The molecule has 1 aliphatic heterocycles. The van der Waals surface area contributed by atoms with Gasteiger partial charge in [-0.3, -0.25) is 0 Å². The van der Waals surface area contributed by atoms with Crippen LogP contribution in [-0.4, -0.2) is 23.1 Å². The second kappa shape index (κ2) is 3.70. The fourth-order valence-corrected chi connectivity index (χ4v) is 1.72. The molecule has 1 aromatic heterocycles. The van der Waals surface area contributed by atoms with Crippen LogP contribution >= 0.6 is 0 Å². The third kappa shape index (κ3) is 2.15. The van der Waals surface area contributed by atoms with E-state index in [0.29, 0.717) is 5.92 Å². The lowest BCUT2D eigenvalue weighted by molar-refractivity contribution is 0.569. The Balaban J connectivity index is 2.04. The Bertz CT molecular complexity index is 328. The third-order valence-electron chi connectivity index (χ3n) is 2.41. The summed E-state index contributed by atoms with van der Waals surface area (Å²) < 4.78 is 0. The number of nitrogens with one attached hydrogen (secondary N) is 2. The average molecular weight is 179 g/mol. The standard InChI is InChI=1S/C9H13N3O/c13-9-11-4-2-8(12-9)5-7-1-3-10-6-7/h2,4,7,10H,1,3,5-6H2,(H,11,12,13). The molecule has 2 N–H and O–H groups in total. The van der Waals surface area contributed by atoms with Crippen LogP contribution < -0.4 is 11.0 Å². The van der Waals surface area contributed by atoms with Crippen molar-refractivity contribution in [2.75, 3.05) is 13.1 Å². The molecule has 2 rings (SSSR count). The van der Waals surface area contributed by atoms with Crippen molar-refractivity contribution in [2.24, 2.45) is 5.92 Å². The molecule has 4 heteroatoms. The molecular formula is C9H13N3O. The molecule has 1 aliphatic rings. The molecule has 0 spiro atoms. The van der Waals surface area contributed by atoms with E-state index in [1.54, 1.807) is 6.20 Å². The monoisotopic (exact) mass is 179 g/mol. The van der Waals surface area contributed by atoms with Crippen molar-refractivity contribution in [2.45, 2.75) is 12.8 Å². The highest BCUT2D eigenvalue weighted by Gasteiger charge is 2.14. The van der Waals surface area contributed by atoms with E-state index in [1.165, 1.54) is 6.42 Å². The zero-order chi connectivity index (χ0) is 9.10. The second-order valence-electron chi connectivity index (χ2n) is 3.46. The van der Waals surface area contributed by atoms with Crippen LogP contribution in [0.2, 0.25) is 0 Å². The molecule has 0 amide bonds. The second-order valence-corrected chi connectivity index (χ2v) is 3.46. The highest BCUT2D eigenvalue weighted by atomic mass is 16.1. The first-order valence-corrected chi connectivity index (χ1v) is 4.59. The summed E-state index contributed by atoms with van der Waals surface area (Å²) in [5.41, 5.74) is 0.747. The van der Waals surface area contributed by atoms with Crippen molar-refractivity contribution in [3.05, 3.63) is 28.4 Å². The van der Waals surface area contributed by atoms with Crippen molar-refractivity contribution in [1.29, 1.82) is 0 Å². The number of nitrogens with zero attached hydrogens (tertiary/aromatic N) is 1. The molecule has 0 saturated carbocycles. The Labute approximate surface area is 76.4 Å². The molecule has 1 atom stereocenters. The number of hydrogen-bond donors (Lipinski definition) is 2. The van der Waals surface area contributed by atoms with Gasteiger partial charge in [0.15, 0.2) is 0 Å². The number of aromatic amines is 1. The van der Waals surface area contributed by atoms with Crippen LogP contribution in [0, 0.1) is 5.92 Å². The first-order valence-electron chi connectivity index (χ1n) is 4.59. The number of aromatic nitrogens is 2. The van der Waals surface area contributed by atoms with Crippen LogP contribution in [0.5, 0.6) is 0 Å². The fourth-order valence-electron chi connectivity index (χ4n) is 1.72. The normalized spacial score (nSPS) is 22.0. The summed E-state index contributed by atoms with van der Waals surface area (Å²) in [4.78, 5) is 17.2. The Hall–Kier alpha value is -1.16. The summed E-state index contributed by atoms with van der Waals surface area (Å²) in [5.74, 6) is 0.665. The average Bonchev–Trinajstić information content (AvgIpc) is 2.57. The molecule has 1 saturated heterocycles. The summed E-state index contributed by atoms with van der Waals surface area (Å²) in [5, 5.41) is 3.30.